The molecule has 1 aliphatic rings. The van der Waals surface area contributed by atoms with Gasteiger partial charge in [0.05, 0.1) is 13.5 Å². The second-order valence-corrected chi connectivity index (χ2v) is 6.81. The Bertz CT molecular complexity index is 811. The number of hydrogen-bond donors (Lipinski definition) is 0. The van der Waals surface area contributed by atoms with Crippen LogP contribution in [0.1, 0.15) is 28.2 Å². The molecular formula is C20H26N4O3. The molecule has 1 saturated heterocycles. The molecule has 1 aliphatic heterocycles. The van der Waals surface area contributed by atoms with Crippen molar-refractivity contribution in [3.8, 4) is 5.75 Å². The number of nitrogens with zero attached hydrogens (tertiary/aromatic N) is 4. The quantitative estimate of drug-likeness (QED) is 0.821. The second-order valence-electron chi connectivity index (χ2n) is 6.81. The Morgan fingerprint density at radius 3 is 2.52 bits per heavy atom. The number of carbonyl (C=O) groups is 2. The SMILES string of the molecule is COc1ccccc1CC(=O)N1CCCN(C(=O)c2cc(C)n(C)n2)CC1. The van der Waals surface area contributed by atoms with E-state index in [9.17, 15) is 9.59 Å². The maximum absolute atomic E-state index is 12.7. The van der Waals surface area contributed by atoms with E-state index in [4.69, 9.17) is 4.74 Å². The lowest BCUT2D eigenvalue weighted by atomic mass is 10.1. The van der Waals surface area contributed by atoms with Crippen molar-refractivity contribution in [1.29, 1.82) is 0 Å². The molecule has 0 atom stereocenters. The summed E-state index contributed by atoms with van der Waals surface area (Å²) in [7, 11) is 3.44. The highest BCUT2D eigenvalue weighted by Crippen LogP contribution is 2.19. The molecule has 0 spiro atoms. The molecule has 1 aromatic heterocycles. The Balaban J connectivity index is 1.62. The normalized spacial score (nSPS) is 14.8. The molecule has 2 amide bonds. The first-order valence-corrected chi connectivity index (χ1v) is 9.19. The zero-order valence-corrected chi connectivity index (χ0v) is 16.1. The zero-order chi connectivity index (χ0) is 19.4. The van der Waals surface area contributed by atoms with E-state index in [2.05, 4.69) is 5.10 Å². The van der Waals surface area contributed by atoms with Crippen molar-refractivity contribution >= 4 is 11.8 Å². The maximum atomic E-state index is 12.7. The molecule has 0 unspecified atom stereocenters. The molecule has 144 valence electrons. The van der Waals surface area contributed by atoms with Crippen molar-refractivity contribution in [1.82, 2.24) is 19.6 Å². The summed E-state index contributed by atoms with van der Waals surface area (Å²) in [4.78, 5) is 29.1. The number of carbonyl (C=O) groups excluding carboxylic acids is 2. The van der Waals surface area contributed by atoms with Gasteiger partial charge < -0.3 is 14.5 Å². The largest absolute Gasteiger partial charge is 0.496 e. The Morgan fingerprint density at radius 1 is 1.11 bits per heavy atom. The van der Waals surface area contributed by atoms with Gasteiger partial charge in [0.15, 0.2) is 5.69 Å². The summed E-state index contributed by atoms with van der Waals surface area (Å²) in [6, 6.07) is 9.37. The van der Waals surface area contributed by atoms with E-state index >= 15 is 0 Å². The Kier molecular flexibility index (Phi) is 5.78. The minimum atomic E-state index is -0.0715. The molecule has 0 radical (unpaired) electrons. The van der Waals surface area contributed by atoms with Crippen LogP contribution in [0.25, 0.3) is 0 Å². The zero-order valence-electron chi connectivity index (χ0n) is 16.1. The minimum absolute atomic E-state index is 0.0579. The topological polar surface area (TPSA) is 67.7 Å². The third kappa shape index (κ3) is 4.30. The highest BCUT2D eigenvalue weighted by molar-refractivity contribution is 5.92. The van der Waals surface area contributed by atoms with Gasteiger partial charge in [-0.2, -0.15) is 5.10 Å². The molecule has 0 aliphatic carbocycles. The van der Waals surface area contributed by atoms with Gasteiger partial charge in [-0.25, -0.2) is 0 Å². The number of amides is 2. The van der Waals surface area contributed by atoms with Crippen LogP contribution in [-0.2, 0) is 18.3 Å². The first-order valence-electron chi connectivity index (χ1n) is 9.19. The van der Waals surface area contributed by atoms with Crippen molar-refractivity contribution in [3.05, 3.63) is 47.3 Å². The summed E-state index contributed by atoms with van der Waals surface area (Å²) >= 11 is 0. The highest BCUT2D eigenvalue weighted by atomic mass is 16.5. The van der Waals surface area contributed by atoms with Crippen molar-refractivity contribution < 1.29 is 14.3 Å². The standard InChI is InChI=1S/C20H26N4O3/c1-15-13-17(21-22(15)2)20(26)24-10-6-9-23(11-12-24)19(25)14-16-7-4-5-8-18(16)27-3/h4-5,7-8,13H,6,9-12,14H2,1-3H3. The van der Waals surface area contributed by atoms with Crippen molar-refractivity contribution in [3.63, 3.8) is 0 Å². The summed E-state index contributed by atoms with van der Waals surface area (Å²) in [5, 5.41) is 4.28. The summed E-state index contributed by atoms with van der Waals surface area (Å²) < 4.78 is 7.04. The lowest BCUT2D eigenvalue weighted by Crippen LogP contribution is -2.38. The molecule has 2 heterocycles. The smallest absolute Gasteiger partial charge is 0.274 e. The maximum Gasteiger partial charge on any atom is 0.274 e. The van der Waals surface area contributed by atoms with E-state index in [0.29, 0.717) is 38.3 Å². The van der Waals surface area contributed by atoms with Gasteiger partial charge in [-0.1, -0.05) is 18.2 Å². The van der Waals surface area contributed by atoms with E-state index < -0.39 is 0 Å². The van der Waals surface area contributed by atoms with E-state index in [1.54, 1.807) is 22.8 Å². The first kappa shape index (κ1) is 18.9. The van der Waals surface area contributed by atoms with E-state index in [1.165, 1.54) is 0 Å². The fraction of sp³-hybridized carbons (Fsp3) is 0.450. The Hall–Kier alpha value is -2.83. The van der Waals surface area contributed by atoms with Crippen LogP contribution in [0, 0.1) is 6.92 Å². The Labute approximate surface area is 159 Å². The molecule has 7 nitrogen and oxygen atoms in total. The van der Waals surface area contributed by atoms with Gasteiger partial charge in [-0.05, 0) is 25.5 Å². The molecule has 2 aromatic rings. The van der Waals surface area contributed by atoms with Gasteiger partial charge in [-0.3, -0.25) is 14.3 Å². The van der Waals surface area contributed by atoms with Crippen molar-refractivity contribution in [2.24, 2.45) is 7.05 Å². The predicted molar refractivity (Wildman–Crippen MR) is 102 cm³/mol. The number of methoxy groups -OCH3 is 1. The number of hydrogen-bond acceptors (Lipinski definition) is 4. The Morgan fingerprint density at radius 2 is 1.81 bits per heavy atom. The van der Waals surface area contributed by atoms with Crippen LogP contribution in [-0.4, -0.2) is 64.7 Å². The van der Waals surface area contributed by atoms with Crippen LogP contribution in [0.3, 0.4) is 0 Å². The predicted octanol–water partition coefficient (Wildman–Crippen LogP) is 1.65. The summed E-state index contributed by atoms with van der Waals surface area (Å²) in [6.45, 7) is 4.26. The number of aryl methyl sites for hydroxylation is 2. The second kappa shape index (κ2) is 8.24. The fourth-order valence-corrected chi connectivity index (χ4v) is 3.32. The average molecular weight is 370 g/mol. The van der Waals surface area contributed by atoms with Crippen LogP contribution in [0.5, 0.6) is 5.75 Å². The van der Waals surface area contributed by atoms with E-state index in [-0.39, 0.29) is 11.8 Å². The average Bonchev–Trinajstić information content (AvgIpc) is 2.87. The third-order valence-electron chi connectivity index (χ3n) is 5.00. The van der Waals surface area contributed by atoms with Gasteiger partial charge in [0.25, 0.3) is 5.91 Å². The number of benzene rings is 1. The molecule has 1 fully saturated rings. The van der Waals surface area contributed by atoms with Gasteiger partial charge in [-0.15, -0.1) is 0 Å². The van der Waals surface area contributed by atoms with Crippen LogP contribution >= 0.6 is 0 Å². The molecule has 0 saturated carbocycles. The van der Waals surface area contributed by atoms with Crippen LogP contribution < -0.4 is 4.74 Å². The van der Waals surface area contributed by atoms with Crippen molar-refractivity contribution in [2.75, 3.05) is 33.3 Å². The monoisotopic (exact) mass is 370 g/mol. The fourth-order valence-electron chi connectivity index (χ4n) is 3.32. The van der Waals surface area contributed by atoms with Gasteiger partial charge in [0.2, 0.25) is 5.91 Å². The molecule has 27 heavy (non-hydrogen) atoms. The van der Waals surface area contributed by atoms with E-state index in [1.807, 2.05) is 43.1 Å². The summed E-state index contributed by atoms with van der Waals surface area (Å²) in [6.07, 6.45) is 1.06. The van der Waals surface area contributed by atoms with E-state index in [0.717, 1.165) is 23.4 Å². The molecule has 0 N–H and O–H groups in total. The summed E-state index contributed by atoms with van der Waals surface area (Å²) in [5.41, 5.74) is 2.29. The number of para-hydroxylation sites is 1. The van der Waals surface area contributed by atoms with Crippen LogP contribution in [0.2, 0.25) is 0 Å². The van der Waals surface area contributed by atoms with Gasteiger partial charge in [0, 0.05) is 44.5 Å². The number of aromatic nitrogens is 2. The van der Waals surface area contributed by atoms with Crippen LogP contribution in [0.4, 0.5) is 0 Å². The number of ether oxygens (including phenoxy) is 1. The summed E-state index contributed by atoms with van der Waals surface area (Å²) in [5.74, 6) is 0.711. The molecule has 7 heteroatoms. The highest BCUT2D eigenvalue weighted by Gasteiger charge is 2.24. The third-order valence-corrected chi connectivity index (χ3v) is 5.00. The molecular weight excluding hydrogens is 344 g/mol. The van der Waals surface area contributed by atoms with Gasteiger partial charge >= 0.3 is 0 Å². The van der Waals surface area contributed by atoms with Crippen molar-refractivity contribution in [2.45, 2.75) is 19.8 Å². The number of rotatable bonds is 4. The molecule has 1 aromatic carbocycles. The van der Waals surface area contributed by atoms with Gasteiger partial charge in [0.1, 0.15) is 5.75 Å². The molecule has 3 rings (SSSR count). The lowest BCUT2D eigenvalue weighted by molar-refractivity contribution is -0.130. The van der Waals surface area contributed by atoms with Crippen LogP contribution in [0.15, 0.2) is 30.3 Å². The lowest BCUT2D eigenvalue weighted by Gasteiger charge is -2.22. The minimum Gasteiger partial charge on any atom is -0.496 e. The first-order chi connectivity index (χ1) is 13.0. The molecule has 0 bridgehead atoms.